The molecular formula is C15H13N2O5-. The maximum Gasteiger partial charge on any atom is 0.274 e. The lowest BCUT2D eigenvalue weighted by atomic mass is 10.2. The van der Waals surface area contributed by atoms with Crippen LogP contribution in [0.1, 0.15) is 21.7 Å². The maximum absolute atomic E-state index is 11.8. The summed E-state index contributed by atoms with van der Waals surface area (Å²) < 4.78 is 10.1. The Bertz CT molecular complexity index is 705. The summed E-state index contributed by atoms with van der Waals surface area (Å²) >= 11 is 0. The lowest BCUT2D eigenvalue weighted by Gasteiger charge is -2.08. The van der Waals surface area contributed by atoms with E-state index in [1.807, 2.05) is 0 Å². The number of amides is 1. The molecule has 2 rings (SSSR count). The fourth-order valence-electron chi connectivity index (χ4n) is 1.70. The van der Waals surface area contributed by atoms with Crippen LogP contribution in [0.2, 0.25) is 0 Å². The van der Waals surface area contributed by atoms with E-state index in [-0.39, 0.29) is 0 Å². The molecule has 2 aromatic rings. The molecule has 0 saturated carbocycles. The fourth-order valence-corrected chi connectivity index (χ4v) is 1.70. The molecule has 0 fully saturated rings. The summed E-state index contributed by atoms with van der Waals surface area (Å²) in [7, 11) is 0. The number of carboxylic acid groups (broad SMARTS) is 1. The molecule has 1 heterocycles. The lowest BCUT2D eigenvalue weighted by molar-refractivity contribution is -0.307. The second-order valence-electron chi connectivity index (χ2n) is 4.29. The van der Waals surface area contributed by atoms with Crippen molar-refractivity contribution in [2.75, 3.05) is 6.61 Å². The average Bonchev–Trinajstić information content (AvgIpc) is 2.92. The number of carbonyl (C=O) groups is 2. The van der Waals surface area contributed by atoms with Crippen LogP contribution in [0.5, 0.6) is 5.75 Å². The molecule has 1 aromatic carbocycles. The number of hydrogen-bond acceptors (Lipinski definition) is 6. The van der Waals surface area contributed by atoms with Crippen molar-refractivity contribution in [2.45, 2.75) is 6.92 Å². The molecule has 1 aromatic heterocycles. The van der Waals surface area contributed by atoms with Crippen LogP contribution in [0.15, 0.2) is 46.1 Å². The van der Waals surface area contributed by atoms with E-state index in [0.29, 0.717) is 22.6 Å². The van der Waals surface area contributed by atoms with Crippen LogP contribution in [0, 0.1) is 6.92 Å². The van der Waals surface area contributed by atoms with Crippen molar-refractivity contribution < 1.29 is 23.8 Å². The van der Waals surface area contributed by atoms with E-state index in [4.69, 9.17) is 9.15 Å². The van der Waals surface area contributed by atoms with E-state index in [2.05, 4.69) is 10.5 Å². The summed E-state index contributed by atoms with van der Waals surface area (Å²) in [6.07, 6.45) is 2.77. The van der Waals surface area contributed by atoms with E-state index in [9.17, 15) is 14.7 Å². The van der Waals surface area contributed by atoms with E-state index >= 15 is 0 Å². The van der Waals surface area contributed by atoms with Gasteiger partial charge in [0.25, 0.3) is 5.91 Å². The number of para-hydroxylation sites is 1. The Morgan fingerprint density at radius 3 is 2.82 bits per heavy atom. The zero-order valence-corrected chi connectivity index (χ0v) is 11.7. The number of hydrogen-bond donors (Lipinski definition) is 1. The van der Waals surface area contributed by atoms with Gasteiger partial charge >= 0.3 is 0 Å². The van der Waals surface area contributed by atoms with Crippen LogP contribution in [0.25, 0.3) is 0 Å². The molecule has 7 nitrogen and oxygen atoms in total. The SMILES string of the molecule is Cc1occc1C(=O)NN=Cc1ccccc1OCC(=O)[O-]. The minimum atomic E-state index is -1.32. The smallest absolute Gasteiger partial charge is 0.274 e. The molecule has 0 atom stereocenters. The highest BCUT2D eigenvalue weighted by atomic mass is 16.5. The zero-order chi connectivity index (χ0) is 15.9. The minimum absolute atomic E-state index is 0.323. The third-order valence-corrected chi connectivity index (χ3v) is 2.74. The van der Waals surface area contributed by atoms with Crippen molar-refractivity contribution in [3.05, 3.63) is 53.5 Å². The molecular weight excluding hydrogens is 288 g/mol. The standard InChI is InChI=1S/C15H14N2O5/c1-10-12(6-7-21-10)15(20)17-16-8-11-4-2-3-5-13(11)22-9-14(18)19/h2-8H,9H2,1H3,(H,17,20)(H,18,19)/p-1. The van der Waals surface area contributed by atoms with Gasteiger partial charge in [-0.25, -0.2) is 5.43 Å². The van der Waals surface area contributed by atoms with Gasteiger partial charge in [-0.1, -0.05) is 12.1 Å². The topological polar surface area (TPSA) is 104 Å². The van der Waals surface area contributed by atoms with Crippen LogP contribution < -0.4 is 15.3 Å². The van der Waals surface area contributed by atoms with Crippen molar-refractivity contribution >= 4 is 18.1 Å². The summed E-state index contributed by atoms with van der Waals surface area (Å²) in [6, 6.07) is 8.22. The van der Waals surface area contributed by atoms with Crippen molar-refractivity contribution in [3.8, 4) is 5.75 Å². The van der Waals surface area contributed by atoms with Crippen LogP contribution in [0.3, 0.4) is 0 Å². The molecule has 1 N–H and O–H groups in total. The molecule has 7 heteroatoms. The van der Waals surface area contributed by atoms with Gasteiger partial charge in [0.05, 0.1) is 24.0 Å². The van der Waals surface area contributed by atoms with Gasteiger partial charge in [-0.2, -0.15) is 5.10 Å². The molecule has 114 valence electrons. The number of aliphatic carboxylic acids is 1. The molecule has 1 amide bonds. The Labute approximate surface area is 126 Å². The number of ether oxygens (including phenoxy) is 1. The highest BCUT2D eigenvalue weighted by molar-refractivity contribution is 5.95. The first-order valence-electron chi connectivity index (χ1n) is 6.37. The maximum atomic E-state index is 11.8. The number of rotatable bonds is 6. The molecule has 0 bridgehead atoms. The Balaban J connectivity index is 2.02. The van der Waals surface area contributed by atoms with Crippen LogP contribution >= 0.6 is 0 Å². The molecule has 0 aliphatic heterocycles. The van der Waals surface area contributed by atoms with E-state index < -0.39 is 18.5 Å². The fraction of sp³-hybridized carbons (Fsp3) is 0.133. The first-order valence-corrected chi connectivity index (χ1v) is 6.37. The Hall–Kier alpha value is -3.09. The summed E-state index contributed by atoms with van der Waals surface area (Å²) in [6.45, 7) is 1.10. The van der Waals surface area contributed by atoms with E-state index in [1.54, 1.807) is 31.2 Å². The molecule has 0 saturated heterocycles. The van der Waals surface area contributed by atoms with Crippen LogP contribution in [0.4, 0.5) is 0 Å². The van der Waals surface area contributed by atoms with Crippen molar-refractivity contribution in [1.29, 1.82) is 0 Å². The summed E-state index contributed by atoms with van der Waals surface area (Å²) in [5, 5.41) is 14.2. The van der Waals surface area contributed by atoms with Gasteiger partial charge in [-0.15, -0.1) is 0 Å². The normalized spacial score (nSPS) is 10.6. The van der Waals surface area contributed by atoms with Gasteiger partial charge in [-0.05, 0) is 25.1 Å². The highest BCUT2D eigenvalue weighted by Crippen LogP contribution is 2.15. The number of nitrogens with zero attached hydrogens (tertiary/aromatic N) is 1. The molecule has 0 radical (unpaired) electrons. The monoisotopic (exact) mass is 301 g/mol. The molecule has 0 unspecified atom stereocenters. The Kier molecular flexibility index (Phi) is 4.92. The van der Waals surface area contributed by atoms with Crippen LogP contribution in [-0.2, 0) is 4.79 Å². The second kappa shape index (κ2) is 7.07. The number of carboxylic acids is 1. The number of hydrazone groups is 1. The third-order valence-electron chi connectivity index (χ3n) is 2.74. The zero-order valence-electron chi connectivity index (χ0n) is 11.7. The Morgan fingerprint density at radius 1 is 1.36 bits per heavy atom. The minimum Gasteiger partial charge on any atom is -0.546 e. The predicted molar refractivity (Wildman–Crippen MR) is 75.4 cm³/mol. The molecule has 0 spiro atoms. The number of carbonyl (C=O) groups excluding carboxylic acids is 2. The van der Waals surface area contributed by atoms with Gasteiger partial charge in [0.2, 0.25) is 0 Å². The number of aryl methyl sites for hydroxylation is 1. The van der Waals surface area contributed by atoms with Gasteiger partial charge < -0.3 is 19.1 Å². The molecule has 0 aliphatic rings. The van der Waals surface area contributed by atoms with Gasteiger partial charge in [-0.3, -0.25) is 4.79 Å². The van der Waals surface area contributed by atoms with E-state index in [1.165, 1.54) is 18.5 Å². The number of furan rings is 1. The van der Waals surface area contributed by atoms with E-state index in [0.717, 1.165) is 0 Å². The van der Waals surface area contributed by atoms with Crippen molar-refractivity contribution in [1.82, 2.24) is 5.43 Å². The second-order valence-corrected chi connectivity index (χ2v) is 4.29. The van der Waals surface area contributed by atoms with Gasteiger partial charge in [0.1, 0.15) is 18.1 Å². The summed E-state index contributed by atoms with van der Waals surface area (Å²) in [4.78, 5) is 22.2. The quantitative estimate of drug-likeness (QED) is 0.617. The molecule has 0 aliphatic carbocycles. The molecule has 22 heavy (non-hydrogen) atoms. The lowest BCUT2D eigenvalue weighted by Crippen LogP contribution is -2.29. The first-order chi connectivity index (χ1) is 10.6. The van der Waals surface area contributed by atoms with Crippen LogP contribution in [-0.4, -0.2) is 24.7 Å². The van der Waals surface area contributed by atoms with Gasteiger partial charge in [0, 0.05) is 5.56 Å². The first kappa shape index (κ1) is 15.3. The Morgan fingerprint density at radius 2 is 2.14 bits per heavy atom. The average molecular weight is 301 g/mol. The largest absolute Gasteiger partial charge is 0.546 e. The van der Waals surface area contributed by atoms with Gasteiger partial charge in [0.15, 0.2) is 0 Å². The van der Waals surface area contributed by atoms with Crippen molar-refractivity contribution in [2.24, 2.45) is 5.10 Å². The van der Waals surface area contributed by atoms with Crippen molar-refractivity contribution in [3.63, 3.8) is 0 Å². The summed E-state index contributed by atoms with van der Waals surface area (Å²) in [5.41, 5.74) is 3.26. The number of benzene rings is 1. The number of nitrogens with one attached hydrogen (secondary N) is 1. The predicted octanol–water partition coefficient (Wildman–Crippen LogP) is 0.481. The highest BCUT2D eigenvalue weighted by Gasteiger charge is 2.10. The summed E-state index contributed by atoms with van der Waals surface area (Å²) in [5.74, 6) is -0.916. The third kappa shape index (κ3) is 3.95.